The van der Waals surface area contributed by atoms with E-state index in [0.717, 1.165) is 6.92 Å². The van der Waals surface area contributed by atoms with Crippen LogP contribution >= 0.6 is 12.6 Å². The lowest BCUT2D eigenvalue weighted by Gasteiger charge is -2.25. The van der Waals surface area contributed by atoms with Crippen molar-refractivity contribution < 1.29 is 39.3 Å². The highest BCUT2D eigenvalue weighted by atomic mass is 32.1. The Hall–Kier alpha value is -2.95. The van der Waals surface area contributed by atoms with Crippen molar-refractivity contribution in [3.05, 3.63) is 0 Å². The Kier molecular flexibility index (Phi) is 14.4. The Balaban J connectivity index is 5.47. The number of hydrogen-bond acceptors (Lipinski definition) is 9. The van der Waals surface area contributed by atoms with Crippen molar-refractivity contribution in [2.45, 2.75) is 57.0 Å². The van der Waals surface area contributed by atoms with Crippen LogP contribution in [0.3, 0.4) is 0 Å². The molecule has 0 aliphatic rings. The number of nitrogens with two attached hydrogens (primary N) is 2. The van der Waals surface area contributed by atoms with E-state index in [2.05, 4.69) is 38.9 Å². The molecule has 0 unspecified atom stereocenters. The van der Waals surface area contributed by atoms with Gasteiger partial charge in [-0.25, -0.2) is 0 Å². The molecule has 194 valence electrons. The molecule has 15 nitrogen and oxygen atoms in total. The maximum absolute atomic E-state index is 12.8. The number of amides is 4. The lowest BCUT2D eigenvalue weighted by atomic mass is 10.1. The van der Waals surface area contributed by atoms with E-state index in [9.17, 15) is 39.3 Å². The number of carbonyl (C=O) groups is 5. The molecule has 34 heavy (non-hydrogen) atoms. The van der Waals surface area contributed by atoms with Gasteiger partial charge in [-0.2, -0.15) is 0 Å². The van der Waals surface area contributed by atoms with Gasteiger partial charge in [-0.05, 0) is 19.8 Å². The van der Waals surface area contributed by atoms with Gasteiger partial charge in [0.15, 0.2) is 5.96 Å². The van der Waals surface area contributed by atoms with E-state index in [4.69, 9.17) is 11.5 Å². The molecular weight excluding hydrogens is 474 g/mol. The van der Waals surface area contributed by atoms with Crippen molar-refractivity contribution in [3.63, 3.8) is 0 Å². The number of carbonyl (C=O) groups excluding carboxylic acids is 5. The second-order valence-electron chi connectivity index (χ2n) is 7.25. The molecule has 0 aromatic rings. The molecule has 0 radical (unpaired) electrons. The first-order valence-corrected chi connectivity index (χ1v) is 10.6. The fourth-order valence-electron chi connectivity index (χ4n) is 2.59. The minimum Gasteiger partial charge on any atom is -0.394 e. The van der Waals surface area contributed by atoms with Gasteiger partial charge in [-0.15, -0.1) is 12.6 Å². The summed E-state index contributed by atoms with van der Waals surface area (Å²) >= 11 is 3.57. The fraction of sp³-hybridized carbons (Fsp3) is 0.667. The van der Waals surface area contributed by atoms with Crippen molar-refractivity contribution in [2.75, 3.05) is 19.8 Å². The van der Waals surface area contributed by atoms with Gasteiger partial charge in [0.05, 0.1) is 19.3 Å². The number of hydrogen-bond donors (Lipinski definition) is 10. The van der Waals surface area contributed by atoms with Crippen LogP contribution in [-0.4, -0.2) is 100 Å². The number of rotatable bonds is 15. The van der Waals surface area contributed by atoms with E-state index in [1.165, 1.54) is 6.92 Å². The lowest BCUT2D eigenvalue weighted by Crippen LogP contribution is -2.59. The SMILES string of the molecule is CC(=O)N[C@@H](CO)C(=O)N[C@@H](CCCN=C(N)N)C(=O)N[C@@H](CO)C(=O)N[C@H](C(=O)S)[C@@H](C)O. The van der Waals surface area contributed by atoms with Gasteiger partial charge in [0, 0.05) is 13.5 Å². The topological polar surface area (TPSA) is 259 Å². The minimum atomic E-state index is -1.54. The highest BCUT2D eigenvalue weighted by molar-refractivity contribution is 7.96. The van der Waals surface area contributed by atoms with Crippen LogP contribution in [-0.2, 0) is 24.0 Å². The number of guanidine groups is 1. The van der Waals surface area contributed by atoms with Gasteiger partial charge in [-0.1, -0.05) is 0 Å². The van der Waals surface area contributed by atoms with Crippen LogP contribution in [0.5, 0.6) is 0 Å². The molecule has 5 atom stereocenters. The van der Waals surface area contributed by atoms with Crippen LogP contribution in [0.15, 0.2) is 4.99 Å². The van der Waals surface area contributed by atoms with Crippen molar-refractivity contribution in [1.29, 1.82) is 0 Å². The average Bonchev–Trinajstić information content (AvgIpc) is 2.74. The summed E-state index contributed by atoms with van der Waals surface area (Å²) in [4.78, 5) is 64.0. The van der Waals surface area contributed by atoms with Gasteiger partial charge in [0.1, 0.15) is 24.2 Å². The van der Waals surface area contributed by atoms with Crippen LogP contribution in [0.4, 0.5) is 0 Å². The summed E-state index contributed by atoms with van der Waals surface area (Å²) < 4.78 is 0. The standard InChI is InChI=1S/C18H33N7O8S/c1-8(28)13(17(33)34)25-16(32)12(7-27)24-14(30)10(4-3-5-21-18(19)20)23-15(31)11(6-26)22-9(2)29/h8,10-13,26-28H,3-7H2,1-2H3,(H,22,29)(H,23,31)(H,24,30)(H,25,32)(H,33,34)(H4,19,20,21)/t8-,10+,11+,12+,13+/m1/s1. The van der Waals surface area contributed by atoms with Gasteiger partial charge in [0.25, 0.3) is 0 Å². The molecule has 0 aliphatic heterocycles. The molecule has 11 N–H and O–H groups in total. The molecule has 0 spiro atoms. The maximum Gasteiger partial charge on any atom is 0.245 e. The summed E-state index contributed by atoms with van der Waals surface area (Å²) in [6, 6.07) is -5.54. The van der Waals surface area contributed by atoms with Crippen molar-refractivity contribution in [1.82, 2.24) is 21.3 Å². The number of nitrogens with one attached hydrogen (secondary N) is 4. The lowest BCUT2D eigenvalue weighted by molar-refractivity contribution is -0.135. The largest absolute Gasteiger partial charge is 0.394 e. The third kappa shape index (κ3) is 11.8. The molecule has 0 rings (SSSR count). The maximum atomic E-state index is 12.8. The van der Waals surface area contributed by atoms with Crippen LogP contribution in [0.1, 0.15) is 26.7 Å². The fourth-order valence-corrected chi connectivity index (χ4v) is 2.87. The summed E-state index contributed by atoms with van der Waals surface area (Å²) in [5.41, 5.74) is 10.5. The Labute approximate surface area is 201 Å². The number of aliphatic hydroxyl groups excluding tert-OH is 3. The molecule has 0 aromatic heterocycles. The zero-order chi connectivity index (χ0) is 26.4. The van der Waals surface area contributed by atoms with Gasteiger partial charge in [-0.3, -0.25) is 29.0 Å². The van der Waals surface area contributed by atoms with Gasteiger partial charge >= 0.3 is 0 Å². The molecule has 0 aromatic carbocycles. The molecule has 0 aliphatic carbocycles. The predicted molar refractivity (Wildman–Crippen MR) is 123 cm³/mol. The van der Waals surface area contributed by atoms with E-state index < -0.39 is 72.2 Å². The monoisotopic (exact) mass is 507 g/mol. The molecule has 0 heterocycles. The van der Waals surface area contributed by atoms with Crippen LogP contribution in [0.25, 0.3) is 0 Å². The van der Waals surface area contributed by atoms with Crippen molar-refractivity contribution in [3.8, 4) is 0 Å². The molecule has 0 fully saturated rings. The summed E-state index contributed by atoms with van der Waals surface area (Å²) in [5.74, 6) is -3.52. The zero-order valence-electron chi connectivity index (χ0n) is 18.9. The Morgan fingerprint density at radius 3 is 1.79 bits per heavy atom. The first kappa shape index (κ1) is 31.0. The zero-order valence-corrected chi connectivity index (χ0v) is 19.7. The van der Waals surface area contributed by atoms with E-state index in [1.54, 1.807) is 0 Å². The Bertz CT molecular complexity index is 761. The van der Waals surface area contributed by atoms with Crippen LogP contribution < -0.4 is 32.7 Å². The first-order chi connectivity index (χ1) is 15.8. The van der Waals surface area contributed by atoms with Crippen LogP contribution in [0.2, 0.25) is 0 Å². The number of aliphatic imine (C=N–C) groups is 1. The smallest absolute Gasteiger partial charge is 0.245 e. The number of aliphatic hydroxyl groups is 3. The number of thiol groups is 1. The predicted octanol–water partition coefficient (Wildman–Crippen LogP) is -5.18. The first-order valence-electron chi connectivity index (χ1n) is 10.2. The molecular formula is C18H33N7O8S. The summed E-state index contributed by atoms with van der Waals surface area (Å²) in [6.45, 7) is 0.871. The Morgan fingerprint density at radius 2 is 1.35 bits per heavy atom. The third-order valence-electron chi connectivity index (χ3n) is 4.32. The quantitative estimate of drug-likeness (QED) is 0.0436. The van der Waals surface area contributed by atoms with Gasteiger partial charge in [0.2, 0.25) is 28.7 Å². The second kappa shape index (κ2) is 15.8. The highest BCUT2D eigenvalue weighted by Crippen LogP contribution is 2.03. The molecule has 0 bridgehead atoms. The highest BCUT2D eigenvalue weighted by Gasteiger charge is 2.31. The van der Waals surface area contributed by atoms with Crippen molar-refractivity contribution in [2.24, 2.45) is 16.5 Å². The molecule has 0 saturated heterocycles. The molecule has 16 heteroatoms. The Morgan fingerprint density at radius 1 is 0.882 bits per heavy atom. The van der Waals surface area contributed by atoms with Crippen LogP contribution in [0, 0.1) is 0 Å². The van der Waals surface area contributed by atoms with E-state index >= 15 is 0 Å². The number of nitrogens with zero attached hydrogens (tertiary/aromatic N) is 1. The normalized spacial score (nSPS) is 15.0. The van der Waals surface area contributed by atoms with Crippen molar-refractivity contribution >= 4 is 47.3 Å². The van der Waals surface area contributed by atoms with E-state index in [1.807, 2.05) is 0 Å². The molecule has 0 saturated carbocycles. The summed E-state index contributed by atoms with van der Waals surface area (Å²) in [7, 11) is 0. The van der Waals surface area contributed by atoms with E-state index in [0.29, 0.717) is 0 Å². The van der Waals surface area contributed by atoms with Gasteiger partial charge < -0.3 is 48.1 Å². The summed E-state index contributed by atoms with van der Waals surface area (Å²) in [6.07, 6.45) is -1.09. The summed E-state index contributed by atoms with van der Waals surface area (Å²) in [5, 5.41) is 36.6. The third-order valence-corrected chi connectivity index (χ3v) is 4.59. The average molecular weight is 508 g/mol. The second-order valence-corrected chi connectivity index (χ2v) is 7.70. The minimum absolute atomic E-state index is 0.0161. The van der Waals surface area contributed by atoms with E-state index in [-0.39, 0.29) is 25.3 Å². The molecule has 4 amide bonds.